The Labute approximate surface area is 107 Å². The Morgan fingerprint density at radius 3 is 3.06 bits per heavy atom. The van der Waals surface area contributed by atoms with Gasteiger partial charge in [-0.2, -0.15) is 0 Å². The van der Waals surface area contributed by atoms with Crippen molar-refractivity contribution in [3.63, 3.8) is 0 Å². The number of hydrogen-bond donors (Lipinski definition) is 1. The largest absolute Gasteiger partial charge is 0.478 e. The number of carboxylic acid groups (broad SMARTS) is 1. The number of anilines is 1. The van der Waals surface area contributed by atoms with Crippen LogP contribution in [-0.4, -0.2) is 54.2 Å². The molecule has 0 aliphatic carbocycles. The van der Waals surface area contributed by atoms with Crippen LogP contribution in [0.5, 0.6) is 0 Å². The molecule has 0 bridgehead atoms. The van der Waals surface area contributed by atoms with E-state index in [9.17, 15) is 9.90 Å². The molecule has 1 atom stereocenters. The number of aromatic carboxylic acids is 1. The van der Waals surface area contributed by atoms with Crippen molar-refractivity contribution in [2.75, 3.05) is 32.1 Å². The minimum Gasteiger partial charge on any atom is -0.478 e. The van der Waals surface area contributed by atoms with E-state index < -0.39 is 5.97 Å². The van der Waals surface area contributed by atoms with Crippen LogP contribution in [0.3, 0.4) is 0 Å². The molecule has 1 aliphatic heterocycles. The summed E-state index contributed by atoms with van der Waals surface area (Å²) < 4.78 is 0. The van der Waals surface area contributed by atoms with Crippen LogP contribution in [0.4, 0.5) is 5.82 Å². The molecular weight excluding hydrogens is 230 g/mol. The number of carbonyl (C=O) groups is 1. The maximum atomic E-state index is 11.2. The maximum absolute atomic E-state index is 11.2. The van der Waals surface area contributed by atoms with Crippen molar-refractivity contribution in [1.29, 1.82) is 0 Å². The van der Waals surface area contributed by atoms with Crippen LogP contribution in [0.1, 0.15) is 23.2 Å². The molecule has 1 aliphatic rings. The predicted octanol–water partition coefficient (Wildman–Crippen LogP) is 1.31. The molecule has 0 radical (unpaired) electrons. The van der Waals surface area contributed by atoms with Crippen molar-refractivity contribution in [3.05, 3.63) is 23.9 Å². The van der Waals surface area contributed by atoms with Gasteiger partial charge in [-0.3, -0.25) is 0 Å². The average Bonchev–Trinajstić information content (AvgIpc) is 2.76. The van der Waals surface area contributed by atoms with Crippen molar-refractivity contribution in [2.45, 2.75) is 18.9 Å². The van der Waals surface area contributed by atoms with Crippen LogP contribution >= 0.6 is 0 Å². The van der Waals surface area contributed by atoms with Gasteiger partial charge in [-0.25, -0.2) is 9.78 Å². The third kappa shape index (κ3) is 2.61. The van der Waals surface area contributed by atoms with Gasteiger partial charge in [0.05, 0.1) is 0 Å². The number of nitrogens with zero attached hydrogens (tertiary/aromatic N) is 3. The van der Waals surface area contributed by atoms with Crippen molar-refractivity contribution < 1.29 is 9.90 Å². The Hall–Kier alpha value is -1.62. The van der Waals surface area contributed by atoms with E-state index in [-0.39, 0.29) is 0 Å². The van der Waals surface area contributed by atoms with E-state index in [0.29, 0.717) is 17.4 Å². The highest BCUT2D eigenvalue weighted by Crippen LogP contribution is 2.26. The summed E-state index contributed by atoms with van der Waals surface area (Å²) >= 11 is 0. The third-order valence-corrected chi connectivity index (χ3v) is 3.24. The lowest BCUT2D eigenvalue weighted by molar-refractivity contribution is 0.0697. The second kappa shape index (κ2) is 5.35. The van der Waals surface area contributed by atoms with Crippen LogP contribution in [0, 0.1) is 0 Å². The highest BCUT2D eigenvalue weighted by atomic mass is 16.4. The first-order chi connectivity index (χ1) is 8.59. The molecule has 18 heavy (non-hydrogen) atoms. The average molecular weight is 249 g/mol. The van der Waals surface area contributed by atoms with E-state index in [4.69, 9.17) is 0 Å². The molecule has 0 amide bonds. The summed E-state index contributed by atoms with van der Waals surface area (Å²) in [7, 11) is 4.07. The highest BCUT2D eigenvalue weighted by molar-refractivity contribution is 5.93. The molecule has 98 valence electrons. The Balaban J connectivity index is 2.27. The fourth-order valence-electron chi connectivity index (χ4n) is 2.52. The molecule has 1 N–H and O–H groups in total. The van der Waals surface area contributed by atoms with Crippen LogP contribution in [0.15, 0.2) is 18.3 Å². The molecule has 1 aromatic heterocycles. The zero-order valence-electron chi connectivity index (χ0n) is 10.8. The van der Waals surface area contributed by atoms with Crippen molar-refractivity contribution in [3.8, 4) is 0 Å². The lowest BCUT2D eigenvalue weighted by Gasteiger charge is -2.28. The van der Waals surface area contributed by atoms with E-state index in [1.807, 2.05) is 14.1 Å². The summed E-state index contributed by atoms with van der Waals surface area (Å²) in [5, 5.41) is 9.22. The van der Waals surface area contributed by atoms with Gasteiger partial charge in [-0.05, 0) is 39.1 Å². The normalized spacial score (nSPS) is 19.5. The smallest absolute Gasteiger partial charge is 0.339 e. The molecule has 5 heteroatoms. The minimum atomic E-state index is -0.909. The monoisotopic (exact) mass is 249 g/mol. The van der Waals surface area contributed by atoms with E-state index in [1.54, 1.807) is 18.3 Å². The lowest BCUT2D eigenvalue weighted by Crippen LogP contribution is -2.38. The fourth-order valence-corrected chi connectivity index (χ4v) is 2.52. The highest BCUT2D eigenvalue weighted by Gasteiger charge is 2.28. The van der Waals surface area contributed by atoms with E-state index >= 15 is 0 Å². The molecule has 0 spiro atoms. The van der Waals surface area contributed by atoms with Gasteiger partial charge in [0.15, 0.2) is 0 Å². The number of aromatic nitrogens is 1. The molecule has 1 unspecified atom stereocenters. The molecule has 1 saturated heterocycles. The molecule has 0 aromatic carbocycles. The molecule has 0 saturated carbocycles. The summed E-state index contributed by atoms with van der Waals surface area (Å²) in [6.45, 7) is 1.81. The maximum Gasteiger partial charge on any atom is 0.339 e. The molecule has 1 aromatic rings. The van der Waals surface area contributed by atoms with Gasteiger partial charge < -0.3 is 14.9 Å². The Kier molecular flexibility index (Phi) is 3.81. The Bertz CT molecular complexity index is 434. The number of carboxylic acids is 1. The van der Waals surface area contributed by atoms with Gasteiger partial charge in [0.2, 0.25) is 0 Å². The minimum absolute atomic E-state index is 0.295. The topological polar surface area (TPSA) is 56.7 Å². The SMILES string of the molecule is CN(C)CC1CCCN1c1ncccc1C(=O)O. The second-order valence-corrected chi connectivity index (χ2v) is 4.93. The number of rotatable bonds is 4. The molecule has 1 fully saturated rings. The van der Waals surface area contributed by atoms with E-state index in [0.717, 1.165) is 25.9 Å². The second-order valence-electron chi connectivity index (χ2n) is 4.93. The first-order valence-electron chi connectivity index (χ1n) is 6.19. The quantitative estimate of drug-likeness (QED) is 0.872. The van der Waals surface area contributed by atoms with Gasteiger partial charge in [-0.1, -0.05) is 0 Å². The summed E-state index contributed by atoms with van der Waals surface area (Å²) in [5.41, 5.74) is 0.295. The number of likely N-dealkylation sites (N-methyl/N-ethyl adjacent to an activating group) is 1. The Morgan fingerprint density at radius 2 is 2.39 bits per heavy atom. The molecule has 5 nitrogen and oxygen atoms in total. The predicted molar refractivity (Wildman–Crippen MR) is 70.1 cm³/mol. The Morgan fingerprint density at radius 1 is 1.61 bits per heavy atom. The standard InChI is InChI=1S/C13H19N3O2/c1-15(2)9-10-5-4-8-16(10)12-11(13(17)18)6-3-7-14-12/h3,6-7,10H,4-5,8-9H2,1-2H3,(H,17,18). The van der Waals surface area contributed by atoms with Crippen molar-refractivity contribution >= 4 is 11.8 Å². The van der Waals surface area contributed by atoms with Crippen molar-refractivity contribution in [2.24, 2.45) is 0 Å². The molecule has 2 heterocycles. The summed E-state index contributed by atoms with van der Waals surface area (Å²) in [6, 6.07) is 3.65. The van der Waals surface area contributed by atoms with Gasteiger partial charge >= 0.3 is 5.97 Å². The first kappa shape index (κ1) is 12.8. The summed E-state index contributed by atoms with van der Waals surface area (Å²) in [5.74, 6) is -0.303. The number of hydrogen-bond acceptors (Lipinski definition) is 4. The molecular formula is C13H19N3O2. The number of pyridine rings is 1. The zero-order valence-corrected chi connectivity index (χ0v) is 10.8. The van der Waals surface area contributed by atoms with Gasteiger partial charge in [0.25, 0.3) is 0 Å². The van der Waals surface area contributed by atoms with Gasteiger partial charge in [0, 0.05) is 25.3 Å². The van der Waals surface area contributed by atoms with Gasteiger partial charge in [0.1, 0.15) is 11.4 Å². The van der Waals surface area contributed by atoms with Crippen molar-refractivity contribution in [1.82, 2.24) is 9.88 Å². The zero-order chi connectivity index (χ0) is 13.1. The fraction of sp³-hybridized carbons (Fsp3) is 0.538. The summed E-state index contributed by atoms with van der Waals surface area (Å²) in [6.07, 6.45) is 3.84. The van der Waals surface area contributed by atoms with Crippen LogP contribution < -0.4 is 4.90 Å². The lowest BCUT2D eigenvalue weighted by atomic mass is 10.2. The first-order valence-corrected chi connectivity index (χ1v) is 6.19. The van der Waals surface area contributed by atoms with Crippen LogP contribution in [-0.2, 0) is 0 Å². The van der Waals surface area contributed by atoms with E-state index in [2.05, 4.69) is 14.8 Å². The van der Waals surface area contributed by atoms with E-state index in [1.165, 1.54) is 0 Å². The summed E-state index contributed by atoms with van der Waals surface area (Å²) in [4.78, 5) is 19.8. The van der Waals surface area contributed by atoms with Crippen LogP contribution in [0.25, 0.3) is 0 Å². The van der Waals surface area contributed by atoms with Crippen LogP contribution in [0.2, 0.25) is 0 Å². The van der Waals surface area contributed by atoms with Gasteiger partial charge in [-0.15, -0.1) is 0 Å². The third-order valence-electron chi connectivity index (χ3n) is 3.24. The molecule has 2 rings (SSSR count).